The standard InChI is InChI=1S/C13H18INO3/c1-13(2,5-6-16)8-15-12(18)9-3-4-10(14)11(17)7-9/h3-4,7,16-17H,5-6,8H2,1-2H3,(H,15,18). The third-order valence-electron chi connectivity index (χ3n) is 2.72. The summed E-state index contributed by atoms with van der Waals surface area (Å²) in [6.45, 7) is 4.55. The number of aliphatic hydroxyl groups is 1. The van der Waals surface area contributed by atoms with Gasteiger partial charge >= 0.3 is 0 Å². The molecule has 5 heteroatoms. The van der Waals surface area contributed by atoms with Crippen LogP contribution in [0.5, 0.6) is 5.75 Å². The molecule has 0 atom stereocenters. The van der Waals surface area contributed by atoms with Gasteiger partial charge in [0.05, 0.1) is 3.57 Å². The Balaban J connectivity index is 2.63. The maximum atomic E-state index is 11.9. The molecule has 1 rings (SSSR count). The minimum absolute atomic E-state index is 0.104. The number of aliphatic hydroxyl groups excluding tert-OH is 1. The topological polar surface area (TPSA) is 69.6 Å². The van der Waals surface area contributed by atoms with Crippen LogP contribution in [-0.2, 0) is 0 Å². The molecule has 4 nitrogen and oxygen atoms in total. The summed E-state index contributed by atoms with van der Waals surface area (Å²) in [6.07, 6.45) is 0.630. The van der Waals surface area contributed by atoms with Gasteiger partial charge in [-0.3, -0.25) is 4.79 Å². The minimum Gasteiger partial charge on any atom is -0.507 e. The van der Waals surface area contributed by atoms with E-state index in [2.05, 4.69) is 5.32 Å². The van der Waals surface area contributed by atoms with Gasteiger partial charge in [0.25, 0.3) is 5.91 Å². The van der Waals surface area contributed by atoms with Crippen molar-refractivity contribution >= 4 is 28.5 Å². The van der Waals surface area contributed by atoms with Crippen molar-refractivity contribution in [1.82, 2.24) is 5.32 Å². The Kier molecular flexibility index (Phi) is 5.40. The van der Waals surface area contributed by atoms with Crippen LogP contribution in [0.4, 0.5) is 0 Å². The van der Waals surface area contributed by atoms with Gasteiger partial charge in [-0.1, -0.05) is 13.8 Å². The molecule has 1 aromatic carbocycles. The molecular formula is C13H18INO3. The molecule has 0 bridgehead atoms. The van der Waals surface area contributed by atoms with E-state index < -0.39 is 0 Å². The van der Waals surface area contributed by atoms with E-state index in [4.69, 9.17) is 5.11 Å². The zero-order valence-electron chi connectivity index (χ0n) is 10.5. The summed E-state index contributed by atoms with van der Waals surface area (Å²) in [6, 6.07) is 4.83. The largest absolute Gasteiger partial charge is 0.507 e. The number of hydrogen-bond acceptors (Lipinski definition) is 3. The van der Waals surface area contributed by atoms with Gasteiger partial charge in [0.2, 0.25) is 0 Å². The zero-order valence-corrected chi connectivity index (χ0v) is 12.7. The molecule has 0 radical (unpaired) electrons. The van der Waals surface area contributed by atoms with E-state index in [0.717, 1.165) is 0 Å². The lowest BCUT2D eigenvalue weighted by Gasteiger charge is -2.23. The van der Waals surface area contributed by atoms with Crippen LogP contribution in [0.2, 0.25) is 0 Å². The lowest BCUT2D eigenvalue weighted by Crippen LogP contribution is -2.34. The first-order valence-corrected chi connectivity index (χ1v) is 6.81. The fourth-order valence-corrected chi connectivity index (χ4v) is 1.80. The van der Waals surface area contributed by atoms with Crippen LogP contribution in [0.15, 0.2) is 18.2 Å². The lowest BCUT2D eigenvalue weighted by molar-refractivity contribution is 0.0928. The predicted molar refractivity (Wildman–Crippen MR) is 78.6 cm³/mol. The fourth-order valence-electron chi connectivity index (χ4n) is 1.47. The van der Waals surface area contributed by atoms with E-state index in [1.807, 2.05) is 36.4 Å². The van der Waals surface area contributed by atoms with Crippen molar-refractivity contribution in [2.24, 2.45) is 5.41 Å². The van der Waals surface area contributed by atoms with Crippen molar-refractivity contribution in [3.05, 3.63) is 27.3 Å². The van der Waals surface area contributed by atoms with Gasteiger partial charge in [0.1, 0.15) is 5.75 Å². The van der Waals surface area contributed by atoms with E-state index in [1.54, 1.807) is 12.1 Å². The summed E-state index contributed by atoms with van der Waals surface area (Å²) in [5.41, 5.74) is 0.295. The Labute approximate surface area is 121 Å². The van der Waals surface area contributed by atoms with Crippen molar-refractivity contribution in [2.75, 3.05) is 13.2 Å². The van der Waals surface area contributed by atoms with Crippen molar-refractivity contribution in [1.29, 1.82) is 0 Å². The number of nitrogens with one attached hydrogen (secondary N) is 1. The average molecular weight is 363 g/mol. The summed E-state index contributed by atoms with van der Waals surface area (Å²) in [5.74, 6) is -0.106. The number of amides is 1. The van der Waals surface area contributed by atoms with Gasteiger partial charge in [-0.2, -0.15) is 0 Å². The number of hydrogen-bond donors (Lipinski definition) is 3. The maximum Gasteiger partial charge on any atom is 0.251 e. The molecule has 1 aromatic rings. The van der Waals surface area contributed by atoms with Gasteiger partial charge in [0, 0.05) is 18.7 Å². The highest BCUT2D eigenvalue weighted by Crippen LogP contribution is 2.21. The Morgan fingerprint density at radius 2 is 2.11 bits per heavy atom. The van der Waals surface area contributed by atoms with Crippen LogP contribution < -0.4 is 5.32 Å². The van der Waals surface area contributed by atoms with E-state index in [1.165, 1.54) is 6.07 Å². The van der Waals surface area contributed by atoms with Crippen molar-refractivity contribution < 1.29 is 15.0 Å². The third kappa shape index (κ3) is 4.45. The summed E-state index contributed by atoms with van der Waals surface area (Å²) in [4.78, 5) is 11.9. The summed E-state index contributed by atoms with van der Waals surface area (Å²) in [7, 11) is 0. The Morgan fingerprint density at radius 1 is 1.44 bits per heavy atom. The molecule has 0 aliphatic heterocycles. The smallest absolute Gasteiger partial charge is 0.251 e. The third-order valence-corrected chi connectivity index (χ3v) is 3.64. The first-order valence-electron chi connectivity index (χ1n) is 5.73. The van der Waals surface area contributed by atoms with E-state index >= 15 is 0 Å². The normalized spacial score (nSPS) is 11.3. The number of phenolic OH excluding ortho intramolecular Hbond substituents is 1. The van der Waals surface area contributed by atoms with Gasteiger partial charge in [-0.25, -0.2) is 0 Å². The number of rotatable bonds is 5. The van der Waals surface area contributed by atoms with Crippen molar-refractivity contribution in [3.8, 4) is 5.75 Å². The van der Waals surface area contributed by atoms with Crippen LogP contribution in [0.1, 0.15) is 30.6 Å². The lowest BCUT2D eigenvalue weighted by atomic mass is 9.89. The zero-order chi connectivity index (χ0) is 13.8. The number of carbonyl (C=O) groups is 1. The van der Waals surface area contributed by atoms with Crippen molar-refractivity contribution in [3.63, 3.8) is 0 Å². The number of phenols is 1. The molecule has 0 saturated heterocycles. The molecule has 0 saturated carbocycles. The second kappa shape index (κ2) is 6.38. The first kappa shape index (κ1) is 15.2. The molecule has 0 heterocycles. The molecular weight excluding hydrogens is 345 g/mol. The second-order valence-corrected chi connectivity index (χ2v) is 6.15. The predicted octanol–water partition coefficient (Wildman–Crippen LogP) is 2.14. The highest BCUT2D eigenvalue weighted by molar-refractivity contribution is 14.1. The minimum atomic E-state index is -0.215. The van der Waals surface area contributed by atoms with Crippen molar-refractivity contribution in [2.45, 2.75) is 20.3 Å². The van der Waals surface area contributed by atoms with E-state index in [-0.39, 0.29) is 23.7 Å². The number of carbonyl (C=O) groups excluding carboxylic acids is 1. The average Bonchev–Trinajstić information content (AvgIpc) is 2.30. The molecule has 1 amide bonds. The highest BCUT2D eigenvalue weighted by Gasteiger charge is 2.18. The molecule has 100 valence electrons. The molecule has 0 aliphatic rings. The Hall–Kier alpha value is -0.820. The summed E-state index contributed by atoms with van der Waals surface area (Å²) >= 11 is 2.00. The molecule has 18 heavy (non-hydrogen) atoms. The van der Waals surface area contributed by atoms with Crippen LogP contribution in [0, 0.1) is 8.99 Å². The highest BCUT2D eigenvalue weighted by atomic mass is 127. The Morgan fingerprint density at radius 3 is 2.67 bits per heavy atom. The summed E-state index contributed by atoms with van der Waals surface area (Å²) < 4.78 is 0.713. The quantitative estimate of drug-likeness (QED) is 0.702. The Bertz CT molecular complexity index is 432. The molecule has 0 spiro atoms. The molecule has 0 unspecified atom stereocenters. The molecule has 0 fully saturated rings. The van der Waals surface area contributed by atoms with Crippen LogP contribution in [-0.4, -0.2) is 29.3 Å². The fraction of sp³-hybridized carbons (Fsp3) is 0.462. The molecule has 0 aromatic heterocycles. The first-order chi connectivity index (χ1) is 8.35. The van der Waals surface area contributed by atoms with Gasteiger partial charge in [0.15, 0.2) is 0 Å². The van der Waals surface area contributed by atoms with Crippen LogP contribution in [0.25, 0.3) is 0 Å². The monoisotopic (exact) mass is 363 g/mol. The van der Waals surface area contributed by atoms with E-state index in [0.29, 0.717) is 22.1 Å². The van der Waals surface area contributed by atoms with Gasteiger partial charge < -0.3 is 15.5 Å². The van der Waals surface area contributed by atoms with Crippen LogP contribution >= 0.6 is 22.6 Å². The molecule has 3 N–H and O–H groups in total. The number of benzene rings is 1. The number of halogens is 1. The van der Waals surface area contributed by atoms with Crippen LogP contribution in [0.3, 0.4) is 0 Å². The molecule has 0 aliphatic carbocycles. The van der Waals surface area contributed by atoms with Gasteiger partial charge in [-0.15, -0.1) is 0 Å². The van der Waals surface area contributed by atoms with E-state index in [9.17, 15) is 9.90 Å². The number of aromatic hydroxyl groups is 1. The second-order valence-electron chi connectivity index (χ2n) is 4.99. The maximum absolute atomic E-state index is 11.9. The van der Waals surface area contributed by atoms with Gasteiger partial charge in [-0.05, 0) is 52.6 Å². The summed E-state index contributed by atoms with van der Waals surface area (Å²) in [5, 5.41) is 21.3. The SMILES string of the molecule is CC(C)(CCO)CNC(=O)c1ccc(I)c(O)c1.